The van der Waals surface area contributed by atoms with Gasteiger partial charge in [0.2, 0.25) is 11.5 Å². The SMILES string of the molecule is CCC(SP(=O)(S)c1ccccc1[N+](=O)[O-])C(=O)NCC1SC(C)CC(C)S1. The first-order chi connectivity index (χ1) is 13.1. The fraction of sp³-hybridized carbons (Fsp3) is 0.588. The third-order valence-corrected chi connectivity index (χ3v) is 12.9. The van der Waals surface area contributed by atoms with Gasteiger partial charge in [-0.2, -0.15) is 0 Å². The van der Waals surface area contributed by atoms with Crippen LogP contribution in [0.3, 0.4) is 0 Å². The van der Waals surface area contributed by atoms with Gasteiger partial charge in [0, 0.05) is 23.1 Å². The number of nitro groups is 1. The summed E-state index contributed by atoms with van der Waals surface area (Å²) >= 11 is 8.89. The van der Waals surface area contributed by atoms with Gasteiger partial charge in [0.15, 0.2) is 0 Å². The lowest BCUT2D eigenvalue weighted by Crippen LogP contribution is -2.37. The van der Waals surface area contributed by atoms with E-state index in [1.54, 1.807) is 6.07 Å². The van der Waals surface area contributed by atoms with Crippen molar-refractivity contribution >= 4 is 69.6 Å². The number of nitro benzene ring substituents is 1. The third kappa shape index (κ3) is 6.62. The molecule has 0 bridgehead atoms. The highest BCUT2D eigenvalue weighted by Crippen LogP contribution is 2.64. The number of para-hydroxylation sites is 1. The molecule has 0 aliphatic carbocycles. The molecule has 1 aromatic rings. The first-order valence-corrected chi connectivity index (χ1v) is 15.2. The second-order valence-electron chi connectivity index (χ2n) is 6.57. The van der Waals surface area contributed by atoms with E-state index in [9.17, 15) is 19.5 Å². The molecule has 0 radical (unpaired) electrons. The summed E-state index contributed by atoms with van der Waals surface area (Å²) in [6.45, 7) is 6.77. The molecule has 28 heavy (non-hydrogen) atoms. The topological polar surface area (TPSA) is 89.3 Å². The van der Waals surface area contributed by atoms with Crippen molar-refractivity contribution in [1.82, 2.24) is 5.32 Å². The van der Waals surface area contributed by atoms with Gasteiger partial charge in [-0.3, -0.25) is 19.5 Å². The van der Waals surface area contributed by atoms with Gasteiger partial charge < -0.3 is 5.32 Å². The minimum absolute atomic E-state index is 0.0700. The molecular formula is C17H25N2O4PS4. The Bertz CT molecular complexity index is 756. The van der Waals surface area contributed by atoms with Gasteiger partial charge in [-0.05, 0) is 18.9 Å². The Kier molecular flexibility index (Phi) is 9.13. The number of hydrogen-bond acceptors (Lipinski definition) is 7. The van der Waals surface area contributed by atoms with Gasteiger partial charge in [-0.15, -0.1) is 23.5 Å². The van der Waals surface area contributed by atoms with Crippen LogP contribution in [0.15, 0.2) is 24.3 Å². The summed E-state index contributed by atoms with van der Waals surface area (Å²) in [5, 5.41) is 14.8. The van der Waals surface area contributed by atoms with E-state index in [0.717, 1.165) is 17.8 Å². The second kappa shape index (κ2) is 10.7. The number of benzene rings is 1. The van der Waals surface area contributed by atoms with E-state index in [4.69, 9.17) is 0 Å². The number of carbonyl (C=O) groups excluding carboxylic acids is 1. The van der Waals surface area contributed by atoms with Gasteiger partial charge in [0.25, 0.3) is 5.69 Å². The average molecular weight is 481 g/mol. The van der Waals surface area contributed by atoms with Crippen molar-refractivity contribution in [2.75, 3.05) is 6.54 Å². The summed E-state index contributed by atoms with van der Waals surface area (Å²) in [7, 11) is 0. The highest BCUT2D eigenvalue weighted by atomic mass is 33.1. The number of thiol groups is 1. The van der Waals surface area contributed by atoms with Gasteiger partial charge in [-0.1, -0.05) is 56.5 Å². The van der Waals surface area contributed by atoms with E-state index in [1.165, 1.54) is 18.2 Å². The molecule has 0 aromatic heterocycles. The Labute approximate surface area is 183 Å². The van der Waals surface area contributed by atoms with E-state index in [0.29, 0.717) is 28.0 Å². The Morgan fingerprint density at radius 3 is 2.57 bits per heavy atom. The molecule has 1 aromatic carbocycles. The zero-order valence-electron chi connectivity index (χ0n) is 15.9. The molecule has 0 saturated carbocycles. The van der Waals surface area contributed by atoms with E-state index in [2.05, 4.69) is 31.4 Å². The number of carbonyl (C=O) groups is 1. The second-order valence-corrected chi connectivity index (χ2v) is 17.1. The molecule has 1 aliphatic heterocycles. The highest BCUT2D eigenvalue weighted by Gasteiger charge is 2.34. The summed E-state index contributed by atoms with van der Waals surface area (Å²) < 4.78 is 13.4. The molecule has 6 nitrogen and oxygen atoms in total. The quantitative estimate of drug-likeness (QED) is 0.236. The Balaban J connectivity index is 2.03. The Hall–Kier alpha value is -0.280. The number of thioether (sulfide) groups is 2. The van der Waals surface area contributed by atoms with Crippen LogP contribution in [0, 0.1) is 10.1 Å². The Morgan fingerprint density at radius 1 is 1.39 bits per heavy atom. The molecule has 156 valence electrons. The van der Waals surface area contributed by atoms with E-state index in [-0.39, 0.29) is 16.9 Å². The van der Waals surface area contributed by atoms with Crippen LogP contribution in [0.25, 0.3) is 0 Å². The molecule has 4 atom stereocenters. The first kappa shape index (κ1) is 24.0. The number of amides is 1. The lowest BCUT2D eigenvalue weighted by molar-refractivity contribution is -0.383. The van der Waals surface area contributed by atoms with Crippen LogP contribution in [0.1, 0.15) is 33.6 Å². The lowest BCUT2D eigenvalue weighted by atomic mass is 10.3. The predicted molar refractivity (Wildman–Crippen MR) is 127 cm³/mol. The molecule has 1 amide bonds. The van der Waals surface area contributed by atoms with Crippen LogP contribution >= 0.6 is 52.7 Å². The van der Waals surface area contributed by atoms with Crippen molar-refractivity contribution in [3.8, 4) is 0 Å². The molecule has 1 aliphatic rings. The molecule has 11 heteroatoms. The molecule has 2 rings (SSSR count). The summed E-state index contributed by atoms with van der Waals surface area (Å²) in [6.07, 6.45) is 1.62. The van der Waals surface area contributed by atoms with Crippen LogP contribution < -0.4 is 10.6 Å². The number of hydrogen-bond donors (Lipinski definition) is 2. The maximum atomic E-state index is 13.1. The normalized spacial score (nSPS) is 25.5. The first-order valence-electron chi connectivity index (χ1n) is 8.97. The maximum Gasteiger partial charge on any atom is 0.281 e. The number of nitrogens with one attached hydrogen (secondary N) is 1. The third-order valence-electron chi connectivity index (χ3n) is 4.19. The fourth-order valence-electron chi connectivity index (χ4n) is 2.92. The minimum Gasteiger partial charge on any atom is -0.353 e. The monoisotopic (exact) mass is 480 g/mol. The standard InChI is InChI=1S/C17H25N2O4PS4/c1-4-15(17(20)18-10-16-26-11(2)9-12(3)27-16)28-24(23,25)14-8-6-5-7-13(14)19(21)22/h5-8,11-12,15-16H,4,9-10H2,1-3H3,(H,18,20)(H,23,25). The molecule has 0 spiro atoms. The van der Waals surface area contributed by atoms with Crippen LogP contribution in [0.4, 0.5) is 5.69 Å². The molecule has 1 fully saturated rings. The minimum atomic E-state index is -3.44. The van der Waals surface area contributed by atoms with Crippen molar-refractivity contribution in [3.05, 3.63) is 34.4 Å². The largest absolute Gasteiger partial charge is 0.353 e. The van der Waals surface area contributed by atoms with Crippen LogP contribution in [-0.4, -0.2) is 37.7 Å². The van der Waals surface area contributed by atoms with Gasteiger partial charge >= 0.3 is 0 Å². The molecule has 1 heterocycles. The zero-order chi connectivity index (χ0) is 20.9. The van der Waals surface area contributed by atoms with Crippen molar-refractivity contribution in [2.45, 2.75) is 53.9 Å². The van der Waals surface area contributed by atoms with Gasteiger partial charge in [-0.25, -0.2) is 0 Å². The zero-order valence-corrected chi connectivity index (χ0v) is 20.2. The highest BCUT2D eigenvalue weighted by molar-refractivity contribution is 8.88. The summed E-state index contributed by atoms with van der Waals surface area (Å²) in [6, 6.07) is 5.86. The molecule has 1 N–H and O–H groups in total. The van der Waals surface area contributed by atoms with Crippen LogP contribution in [0.5, 0.6) is 0 Å². The molecule has 4 unspecified atom stereocenters. The Morgan fingerprint density at radius 2 is 2.00 bits per heavy atom. The van der Waals surface area contributed by atoms with Crippen molar-refractivity contribution in [3.63, 3.8) is 0 Å². The van der Waals surface area contributed by atoms with Crippen LogP contribution in [0.2, 0.25) is 0 Å². The fourth-order valence-corrected chi connectivity index (χ4v) is 12.2. The van der Waals surface area contributed by atoms with E-state index >= 15 is 0 Å². The summed E-state index contributed by atoms with van der Waals surface area (Å²) in [4.78, 5) is 23.3. The van der Waals surface area contributed by atoms with Crippen molar-refractivity contribution in [1.29, 1.82) is 0 Å². The lowest BCUT2D eigenvalue weighted by Gasteiger charge is -2.31. The molecular weight excluding hydrogens is 455 g/mol. The van der Waals surface area contributed by atoms with Crippen molar-refractivity contribution < 1.29 is 14.3 Å². The smallest absolute Gasteiger partial charge is 0.281 e. The number of nitrogens with zero attached hydrogens (tertiary/aromatic N) is 1. The van der Waals surface area contributed by atoms with Gasteiger partial charge in [0.05, 0.1) is 14.8 Å². The average Bonchev–Trinajstić information content (AvgIpc) is 2.63. The van der Waals surface area contributed by atoms with Crippen LogP contribution in [-0.2, 0) is 9.36 Å². The summed E-state index contributed by atoms with van der Waals surface area (Å²) in [5.41, 5.74) is -3.68. The molecule has 1 saturated heterocycles. The number of rotatable bonds is 8. The maximum absolute atomic E-state index is 13.1. The van der Waals surface area contributed by atoms with Gasteiger partial charge in [0.1, 0.15) is 5.30 Å². The predicted octanol–water partition coefficient (Wildman–Crippen LogP) is 4.94. The van der Waals surface area contributed by atoms with E-state index < -0.39 is 15.7 Å². The summed E-state index contributed by atoms with van der Waals surface area (Å²) in [5.74, 6) is -0.201. The van der Waals surface area contributed by atoms with Crippen molar-refractivity contribution in [2.24, 2.45) is 0 Å². The van der Waals surface area contributed by atoms with E-state index in [1.807, 2.05) is 30.4 Å².